The van der Waals surface area contributed by atoms with Crippen LogP contribution < -0.4 is 10.9 Å². The summed E-state index contributed by atoms with van der Waals surface area (Å²) in [5.41, 5.74) is 2.91. The molecule has 1 amide bonds. The zero-order valence-corrected chi connectivity index (χ0v) is 22.2. The average molecular weight is 561 g/mol. The van der Waals surface area contributed by atoms with Crippen LogP contribution in [0.4, 0.5) is 10.1 Å². The molecule has 0 saturated carbocycles. The third-order valence-electron chi connectivity index (χ3n) is 5.39. The van der Waals surface area contributed by atoms with Gasteiger partial charge in [-0.15, -0.1) is 11.3 Å². The van der Waals surface area contributed by atoms with E-state index in [1.54, 1.807) is 12.1 Å². The standard InChI is InChI=1S/C25H23BrFN3O2S2/c1-4-5-20-15(3)22-23(34-20)29-25(30(24(22)32)18-9-7-17(27)8-10-18)33-13-21(31)28-19-11-6-16(26)12-14(19)2/h6-12H,4-5,13H2,1-3H3,(H,28,31). The van der Waals surface area contributed by atoms with E-state index in [4.69, 9.17) is 4.98 Å². The zero-order chi connectivity index (χ0) is 24.4. The molecule has 2 heterocycles. The van der Waals surface area contributed by atoms with Crippen LogP contribution in [0.5, 0.6) is 0 Å². The highest BCUT2D eigenvalue weighted by Crippen LogP contribution is 2.31. The summed E-state index contributed by atoms with van der Waals surface area (Å²) in [6.45, 7) is 5.96. The molecule has 0 fully saturated rings. The van der Waals surface area contributed by atoms with Gasteiger partial charge in [0.15, 0.2) is 5.16 Å². The molecule has 0 saturated heterocycles. The van der Waals surface area contributed by atoms with Crippen molar-refractivity contribution in [2.24, 2.45) is 0 Å². The maximum atomic E-state index is 13.6. The van der Waals surface area contributed by atoms with Crippen molar-refractivity contribution in [2.75, 3.05) is 11.1 Å². The van der Waals surface area contributed by atoms with Gasteiger partial charge in [0.2, 0.25) is 5.91 Å². The lowest BCUT2D eigenvalue weighted by molar-refractivity contribution is -0.113. The fraction of sp³-hybridized carbons (Fsp3) is 0.240. The number of carbonyl (C=O) groups is 1. The first kappa shape index (κ1) is 24.6. The number of fused-ring (bicyclic) bond motifs is 1. The lowest BCUT2D eigenvalue weighted by Gasteiger charge is -2.13. The second-order valence-corrected chi connectivity index (χ2v) is 10.8. The molecule has 176 valence electrons. The molecule has 2 aromatic carbocycles. The van der Waals surface area contributed by atoms with Crippen LogP contribution in [-0.2, 0) is 11.2 Å². The molecule has 0 spiro atoms. The minimum Gasteiger partial charge on any atom is -0.325 e. The van der Waals surface area contributed by atoms with Gasteiger partial charge < -0.3 is 5.32 Å². The van der Waals surface area contributed by atoms with Crippen molar-refractivity contribution in [1.29, 1.82) is 0 Å². The Hall–Kier alpha value is -2.49. The van der Waals surface area contributed by atoms with E-state index in [2.05, 4.69) is 28.2 Å². The van der Waals surface area contributed by atoms with Crippen LogP contribution in [0.25, 0.3) is 15.9 Å². The van der Waals surface area contributed by atoms with Crippen LogP contribution in [0.2, 0.25) is 0 Å². The smallest absolute Gasteiger partial charge is 0.267 e. The van der Waals surface area contributed by atoms with Gasteiger partial charge in [-0.3, -0.25) is 14.2 Å². The number of nitrogens with one attached hydrogen (secondary N) is 1. The number of carbonyl (C=O) groups excluding carboxylic acids is 1. The SMILES string of the molecule is CCCc1sc2nc(SCC(=O)Nc3ccc(Br)cc3C)n(-c3ccc(F)cc3)c(=O)c2c1C. The minimum absolute atomic E-state index is 0.0703. The zero-order valence-electron chi connectivity index (χ0n) is 18.9. The van der Waals surface area contributed by atoms with Crippen molar-refractivity contribution in [1.82, 2.24) is 9.55 Å². The van der Waals surface area contributed by atoms with Crippen molar-refractivity contribution < 1.29 is 9.18 Å². The van der Waals surface area contributed by atoms with Gasteiger partial charge in [0.1, 0.15) is 10.6 Å². The summed E-state index contributed by atoms with van der Waals surface area (Å²) in [5.74, 6) is -0.522. The third-order valence-corrected chi connectivity index (χ3v) is 8.07. The number of benzene rings is 2. The minimum atomic E-state index is -0.388. The van der Waals surface area contributed by atoms with Crippen LogP contribution in [-0.4, -0.2) is 21.2 Å². The molecule has 0 aliphatic rings. The summed E-state index contributed by atoms with van der Waals surface area (Å²) < 4.78 is 16.0. The molecule has 0 bridgehead atoms. The van der Waals surface area contributed by atoms with E-state index in [0.717, 1.165) is 39.0 Å². The van der Waals surface area contributed by atoms with E-state index >= 15 is 0 Å². The van der Waals surface area contributed by atoms with E-state index in [-0.39, 0.29) is 23.0 Å². The lowest BCUT2D eigenvalue weighted by Crippen LogP contribution is -2.23. The first-order valence-electron chi connectivity index (χ1n) is 10.8. The largest absolute Gasteiger partial charge is 0.325 e. The van der Waals surface area contributed by atoms with Crippen LogP contribution in [0.1, 0.15) is 29.3 Å². The molecule has 5 nitrogen and oxygen atoms in total. The number of halogens is 2. The molecule has 0 unspecified atom stereocenters. The second-order valence-electron chi connectivity index (χ2n) is 7.89. The molecule has 1 N–H and O–H groups in total. The molecule has 0 atom stereocenters. The first-order valence-corrected chi connectivity index (χ1v) is 13.4. The van der Waals surface area contributed by atoms with Gasteiger partial charge >= 0.3 is 0 Å². The first-order chi connectivity index (χ1) is 16.3. The van der Waals surface area contributed by atoms with E-state index < -0.39 is 0 Å². The van der Waals surface area contributed by atoms with Gasteiger partial charge in [-0.05, 0) is 73.9 Å². The number of rotatable bonds is 7. The van der Waals surface area contributed by atoms with Crippen LogP contribution in [0.15, 0.2) is 56.9 Å². The van der Waals surface area contributed by atoms with Gasteiger partial charge in [-0.1, -0.05) is 41.0 Å². The Bertz CT molecular complexity index is 1430. The summed E-state index contributed by atoms with van der Waals surface area (Å²) in [5, 5.41) is 3.89. The number of amides is 1. The number of anilines is 1. The highest BCUT2D eigenvalue weighted by Gasteiger charge is 2.20. The second kappa shape index (κ2) is 10.4. The van der Waals surface area contributed by atoms with Gasteiger partial charge in [-0.25, -0.2) is 9.37 Å². The number of hydrogen-bond donors (Lipinski definition) is 1. The summed E-state index contributed by atoms with van der Waals surface area (Å²) in [6, 6.07) is 11.4. The number of aromatic nitrogens is 2. The summed E-state index contributed by atoms with van der Waals surface area (Å²) in [7, 11) is 0. The summed E-state index contributed by atoms with van der Waals surface area (Å²) in [6.07, 6.45) is 1.84. The molecule has 0 aliphatic carbocycles. The Morgan fingerprint density at radius 3 is 2.62 bits per heavy atom. The monoisotopic (exact) mass is 559 g/mol. The molecule has 4 aromatic rings. The quantitative estimate of drug-likeness (QED) is 0.203. The van der Waals surface area contributed by atoms with Crippen molar-refractivity contribution in [2.45, 2.75) is 38.8 Å². The fourth-order valence-electron chi connectivity index (χ4n) is 3.67. The highest BCUT2D eigenvalue weighted by atomic mass is 79.9. The Balaban J connectivity index is 1.71. The molecular weight excluding hydrogens is 537 g/mol. The molecule has 0 aliphatic heterocycles. The topological polar surface area (TPSA) is 64.0 Å². The van der Waals surface area contributed by atoms with Crippen LogP contribution in [0.3, 0.4) is 0 Å². The maximum absolute atomic E-state index is 13.6. The van der Waals surface area contributed by atoms with Crippen molar-refractivity contribution >= 4 is 60.8 Å². The number of hydrogen-bond acceptors (Lipinski definition) is 5. The van der Waals surface area contributed by atoms with Crippen molar-refractivity contribution in [3.63, 3.8) is 0 Å². The van der Waals surface area contributed by atoms with E-state index in [1.807, 2.05) is 32.0 Å². The van der Waals surface area contributed by atoms with E-state index in [1.165, 1.54) is 39.8 Å². The third kappa shape index (κ3) is 5.11. The average Bonchev–Trinajstić information content (AvgIpc) is 3.11. The van der Waals surface area contributed by atoms with Crippen molar-refractivity contribution in [3.05, 3.63) is 79.1 Å². The van der Waals surface area contributed by atoms with Gasteiger partial charge in [0, 0.05) is 15.0 Å². The number of thioether (sulfide) groups is 1. The van der Waals surface area contributed by atoms with Gasteiger partial charge in [-0.2, -0.15) is 0 Å². The fourth-order valence-corrected chi connectivity index (χ4v) is 6.28. The number of aryl methyl sites for hydroxylation is 3. The molecule has 34 heavy (non-hydrogen) atoms. The van der Waals surface area contributed by atoms with Crippen molar-refractivity contribution in [3.8, 4) is 5.69 Å². The molecule has 4 rings (SSSR count). The van der Waals surface area contributed by atoms with Crippen LogP contribution in [0, 0.1) is 19.7 Å². The van der Waals surface area contributed by atoms with Crippen LogP contribution >= 0.6 is 39.0 Å². The van der Waals surface area contributed by atoms with E-state index in [0.29, 0.717) is 21.1 Å². The number of thiophene rings is 1. The normalized spacial score (nSPS) is 11.2. The molecule has 2 aromatic heterocycles. The predicted molar refractivity (Wildman–Crippen MR) is 142 cm³/mol. The molecular formula is C25H23BrFN3O2S2. The lowest BCUT2D eigenvalue weighted by atomic mass is 10.1. The predicted octanol–water partition coefficient (Wildman–Crippen LogP) is 6.65. The molecule has 9 heteroatoms. The van der Waals surface area contributed by atoms with E-state index in [9.17, 15) is 14.0 Å². The highest BCUT2D eigenvalue weighted by molar-refractivity contribution is 9.10. The van der Waals surface area contributed by atoms with Gasteiger partial charge in [0.25, 0.3) is 5.56 Å². The summed E-state index contributed by atoms with van der Waals surface area (Å²) in [4.78, 5) is 32.9. The Labute approximate surface area is 213 Å². The Morgan fingerprint density at radius 2 is 1.94 bits per heavy atom. The molecule has 0 radical (unpaired) electrons. The Morgan fingerprint density at radius 1 is 1.21 bits per heavy atom. The van der Waals surface area contributed by atoms with Gasteiger partial charge in [0.05, 0.1) is 16.8 Å². The Kier molecular flexibility index (Phi) is 7.54. The number of nitrogens with zero attached hydrogens (tertiary/aromatic N) is 2. The summed E-state index contributed by atoms with van der Waals surface area (Å²) >= 11 is 6.13. The maximum Gasteiger partial charge on any atom is 0.267 e.